The number of methoxy groups -OCH3 is 1. The minimum Gasteiger partial charge on any atom is -0.383 e. The first kappa shape index (κ1) is 16.6. The highest BCUT2D eigenvalue weighted by Crippen LogP contribution is 2.12. The molecule has 0 spiro atoms. The predicted molar refractivity (Wildman–Crippen MR) is 86.8 cm³/mol. The predicted octanol–water partition coefficient (Wildman–Crippen LogP) is 1.99. The maximum atomic E-state index is 12.2. The van der Waals surface area contributed by atoms with Gasteiger partial charge in [-0.15, -0.1) is 0 Å². The molecule has 0 fully saturated rings. The number of nitrogens with zero attached hydrogens (tertiary/aromatic N) is 2. The molecule has 2 aromatic rings. The number of ketones is 1. The topological polar surface area (TPSA) is 93.2 Å². The van der Waals surface area contributed by atoms with Gasteiger partial charge in [-0.25, -0.2) is 9.97 Å². The summed E-state index contributed by atoms with van der Waals surface area (Å²) in [5.41, 5.74) is 1.30. The molecule has 0 saturated heterocycles. The van der Waals surface area contributed by atoms with Crippen molar-refractivity contribution in [1.82, 2.24) is 9.97 Å². The van der Waals surface area contributed by atoms with E-state index in [-0.39, 0.29) is 17.4 Å². The number of ether oxygens (including phenoxy) is 1. The van der Waals surface area contributed by atoms with Gasteiger partial charge in [0, 0.05) is 31.1 Å². The molecule has 1 amide bonds. The fraction of sp³-hybridized carbons (Fsp3) is 0.250. The van der Waals surface area contributed by atoms with Gasteiger partial charge in [0.05, 0.1) is 6.61 Å². The summed E-state index contributed by atoms with van der Waals surface area (Å²) in [6.07, 6.45) is 1.50. The summed E-state index contributed by atoms with van der Waals surface area (Å²) in [5, 5.41) is 5.67. The second kappa shape index (κ2) is 8.00. The van der Waals surface area contributed by atoms with E-state index in [4.69, 9.17) is 4.74 Å². The van der Waals surface area contributed by atoms with Crippen molar-refractivity contribution < 1.29 is 14.3 Å². The fourth-order valence-corrected chi connectivity index (χ4v) is 1.85. The Balaban J connectivity index is 2.07. The van der Waals surface area contributed by atoms with E-state index >= 15 is 0 Å². The first-order valence-corrected chi connectivity index (χ1v) is 7.08. The zero-order valence-electron chi connectivity index (χ0n) is 13.0. The Kier molecular flexibility index (Phi) is 5.76. The third kappa shape index (κ3) is 4.86. The number of rotatable bonds is 7. The maximum Gasteiger partial charge on any atom is 0.274 e. The second-order valence-electron chi connectivity index (χ2n) is 4.78. The van der Waals surface area contributed by atoms with Gasteiger partial charge in [0.2, 0.25) is 5.95 Å². The molecule has 0 bridgehead atoms. The Bertz CT molecular complexity index is 703. The lowest BCUT2D eigenvalue weighted by Crippen LogP contribution is -2.16. The molecule has 0 atom stereocenters. The molecule has 2 rings (SSSR count). The van der Waals surface area contributed by atoms with Crippen molar-refractivity contribution in [1.29, 1.82) is 0 Å². The molecule has 0 unspecified atom stereocenters. The van der Waals surface area contributed by atoms with Gasteiger partial charge in [-0.3, -0.25) is 9.59 Å². The molecule has 7 nitrogen and oxygen atoms in total. The van der Waals surface area contributed by atoms with E-state index in [1.54, 1.807) is 31.4 Å². The quantitative estimate of drug-likeness (QED) is 0.599. The van der Waals surface area contributed by atoms with Crippen LogP contribution >= 0.6 is 0 Å². The molecule has 0 aliphatic rings. The zero-order valence-corrected chi connectivity index (χ0v) is 13.0. The third-order valence-electron chi connectivity index (χ3n) is 3.00. The number of benzene rings is 1. The standard InChI is InChI=1S/C16H18N4O3/c1-11(21)12-4-3-5-13(10-12)19-15(22)14-6-7-17-16(20-14)18-8-9-23-2/h3-7,10H,8-9H2,1-2H3,(H,19,22)(H,17,18,20). The lowest BCUT2D eigenvalue weighted by Gasteiger charge is -2.08. The molecule has 1 aromatic carbocycles. The van der Waals surface area contributed by atoms with Crippen LogP contribution in [-0.2, 0) is 4.74 Å². The number of anilines is 2. The highest BCUT2D eigenvalue weighted by molar-refractivity contribution is 6.04. The van der Waals surface area contributed by atoms with Crippen LogP contribution in [-0.4, -0.2) is 41.9 Å². The van der Waals surface area contributed by atoms with Gasteiger partial charge < -0.3 is 15.4 Å². The second-order valence-corrected chi connectivity index (χ2v) is 4.78. The molecular weight excluding hydrogens is 296 g/mol. The number of nitrogens with one attached hydrogen (secondary N) is 2. The Morgan fingerprint density at radius 2 is 2.09 bits per heavy atom. The maximum absolute atomic E-state index is 12.2. The molecule has 0 radical (unpaired) electrons. The lowest BCUT2D eigenvalue weighted by atomic mass is 10.1. The summed E-state index contributed by atoms with van der Waals surface area (Å²) in [6, 6.07) is 8.26. The van der Waals surface area contributed by atoms with Crippen LogP contribution in [0.5, 0.6) is 0 Å². The van der Waals surface area contributed by atoms with Crippen LogP contribution in [0.4, 0.5) is 11.6 Å². The number of Topliss-reactive ketones (excluding diaryl/α,β-unsaturated/α-hetero) is 1. The van der Waals surface area contributed by atoms with Gasteiger partial charge in [-0.1, -0.05) is 12.1 Å². The van der Waals surface area contributed by atoms with E-state index in [0.29, 0.717) is 30.4 Å². The average molecular weight is 314 g/mol. The van der Waals surface area contributed by atoms with Crippen LogP contribution in [0.1, 0.15) is 27.8 Å². The summed E-state index contributed by atoms with van der Waals surface area (Å²) in [7, 11) is 1.60. The first-order chi connectivity index (χ1) is 11.1. The van der Waals surface area contributed by atoms with Crippen LogP contribution in [0.25, 0.3) is 0 Å². The highest BCUT2D eigenvalue weighted by Gasteiger charge is 2.10. The van der Waals surface area contributed by atoms with E-state index in [9.17, 15) is 9.59 Å². The fourth-order valence-electron chi connectivity index (χ4n) is 1.85. The summed E-state index contributed by atoms with van der Waals surface area (Å²) in [5.74, 6) is -0.0807. The third-order valence-corrected chi connectivity index (χ3v) is 3.00. The van der Waals surface area contributed by atoms with Gasteiger partial charge in [0.1, 0.15) is 5.69 Å². The first-order valence-electron chi connectivity index (χ1n) is 7.08. The lowest BCUT2D eigenvalue weighted by molar-refractivity contribution is 0.100. The monoisotopic (exact) mass is 314 g/mol. The number of carbonyl (C=O) groups excluding carboxylic acids is 2. The van der Waals surface area contributed by atoms with Crippen LogP contribution in [0.3, 0.4) is 0 Å². The van der Waals surface area contributed by atoms with E-state index in [1.165, 1.54) is 19.2 Å². The minimum absolute atomic E-state index is 0.0623. The minimum atomic E-state index is -0.372. The van der Waals surface area contributed by atoms with Crippen LogP contribution in [0.2, 0.25) is 0 Å². The Hall–Kier alpha value is -2.80. The molecule has 120 valence electrons. The van der Waals surface area contributed by atoms with Gasteiger partial charge in [0.15, 0.2) is 5.78 Å². The van der Waals surface area contributed by atoms with Gasteiger partial charge in [0.25, 0.3) is 5.91 Å². The van der Waals surface area contributed by atoms with Crippen molar-refractivity contribution in [2.45, 2.75) is 6.92 Å². The van der Waals surface area contributed by atoms with Crippen LogP contribution in [0, 0.1) is 0 Å². The average Bonchev–Trinajstić information content (AvgIpc) is 2.55. The van der Waals surface area contributed by atoms with E-state index in [1.807, 2.05) is 0 Å². The van der Waals surface area contributed by atoms with Crippen LogP contribution < -0.4 is 10.6 Å². The molecule has 0 aliphatic heterocycles. The van der Waals surface area contributed by atoms with Gasteiger partial charge in [-0.05, 0) is 25.1 Å². The molecular formula is C16H18N4O3. The van der Waals surface area contributed by atoms with Gasteiger partial charge in [-0.2, -0.15) is 0 Å². The highest BCUT2D eigenvalue weighted by atomic mass is 16.5. The summed E-state index contributed by atoms with van der Waals surface area (Å²) in [6.45, 7) is 2.53. The van der Waals surface area contributed by atoms with Crippen molar-refractivity contribution in [3.63, 3.8) is 0 Å². The summed E-state index contributed by atoms with van der Waals surface area (Å²) >= 11 is 0. The van der Waals surface area contributed by atoms with Crippen molar-refractivity contribution >= 4 is 23.3 Å². The normalized spacial score (nSPS) is 10.2. The molecule has 7 heteroatoms. The van der Waals surface area contributed by atoms with E-state index in [0.717, 1.165) is 0 Å². The number of amides is 1. The van der Waals surface area contributed by atoms with Crippen molar-refractivity contribution in [2.75, 3.05) is 30.9 Å². The molecule has 0 saturated carbocycles. The van der Waals surface area contributed by atoms with Crippen molar-refractivity contribution in [3.8, 4) is 0 Å². The van der Waals surface area contributed by atoms with E-state index in [2.05, 4.69) is 20.6 Å². The number of hydrogen-bond acceptors (Lipinski definition) is 6. The molecule has 0 aliphatic carbocycles. The zero-order chi connectivity index (χ0) is 16.7. The summed E-state index contributed by atoms with van der Waals surface area (Å²) < 4.78 is 4.93. The largest absolute Gasteiger partial charge is 0.383 e. The molecule has 1 aromatic heterocycles. The number of carbonyl (C=O) groups is 2. The summed E-state index contributed by atoms with van der Waals surface area (Å²) in [4.78, 5) is 31.8. The molecule has 1 heterocycles. The Morgan fingerprint density at radius 3 is 2.83 bits per heavy atom. The molecule has 2 N–H and O–H groups in total. The van der Waals surface area contributed by atoms with Gasteiger partial charge >= 0.3 is 0 Å². The Morgan fingerprint density at radius 1 is 1.26 bits per heavy atom. The van der Waals surface area contributed by atoms with Crippen LogP contribution in [0.15, 0.2) is 36.5 Å². The van der Waals surface area contributed by atoms with Crippen molar-refractivity contribution in [3.05, 3.63) is 47.8 Å². The molecule has 23 heavy (non-hydrogen) atoms. The van der Waals surface area contributed by atoms with Crippen molar-refractivity contribution in [2.24, 2.45) is 0 Å². The Labute approximate surface area is 134 Å². The smallest absolute Gasteiger partial charge is 0.274 e. The SMILES string of the molecule is COCCNc1nccc(C(=O)Nc2cccc(C(C)=O)c2)n1. The number of hydrogen-bond donors (Lipinski definition) is 2. The number of aromatic nitrogens is 2. The van der Waals surface area contributed by atoms with E-state index < -0.39 is 0 Å².